The van der Waals surface area contributed by atoms with Crippen LogP contribution in [-0.4, -0.2) is 39.2 Å². The van der Waals surface area contributed by atoms with Gasteiger partial charge in [0, 0.05) is 23.2 Å². The molecule has 0 heterocycles. The van der Waals surface area contributed by atoms with Gasteiger partial charge in [0.1, 0.15) is 11.4 Å². The lowest BCUT2D eigenvalue weighted by Crippen LogP contribution is -2.69. The molecule has 8 atom stereocenters. The molecule has 0 spiro atoms. The molecule has 3 fully saturated rings. The average molecular weight is 513 g/mol. The van der Waals surface area contributed by atoms with Crippen molar-refractivity contribution in [3.8, 4) is 0 Å². The Balaban J connectivity index is 1.36. The molecule has 0 aromatic heterocycles. The summed E-state index contributed by atoms with van der Waals surface area (Å²) in [6, 6.07) is 6.33. The number of allylic oxidation sites excluding steroid dienone is 4. The van der Waals surface area contributed by atoms with Crippen molar-refractivity contribution >= 4 is 11.6 Å². The zero-order chi connectivity index (χ0) is 26.8. The van der Waals surface area contributed by atoms with E-state index in [1.54, 1.807) is 25.1 Å². The predicted molar refractivity (Wildman–Crippen MR) is 137 cm³/mol. The van der Waals surface area contributed by atoms with E-state index in [4.69, 9.17) is 0 Å². The topological polar surface area (TPSA) is 74.6 Å². The van der Waals surface area contributed by atoms with Gasteiger partial charge >= 0.3 is 0 Å². The zero-order valence-corrected chi connectivity index (χ0v) is 22.0. The fourth-order valence-corrected chi connectivity index (χ4v) is 8.60. The van der Waals surface area contributed by atoms with Crippen molar-refractivity contribution in [1.29, 1.82) is 0 Å². The van der Waals surface area contributed by atoms with Crippen molar-refractivity contribution in [2.24, 2.45) is 28.6 Å². The number of unbranched alkanes of at least 4 members (excludes halogenated alkanes) is 1. The van der Waals surface area contributed by atoms with Crippen molar-refractivity contribution < 1.29 is 28.6 Å². The number of aliphatic hydroxyl groups excluding tert-OH is 1. The number of carbonyl (C=O) groups is 2. The monoisotopic (exact) mass is 512 g/mol. The number of benzene rings is 1. The van der Waals surface area contributed by atoms with Crippen molar-refractivity contribution in [2.75, 3.05) is 0 Å². The van der Waals surface area contributed by atoms with Crippen molar-refractivity contribution in [3.63, 3.8) is 0 Å². The van der Waals surface area contributed by atoms with Crippen molar-refractivity contribution in [2.45, 2.75) is 89.5 Å². The second-order valence-corrected chi connectivity index (χ2v) is 12.4. The summed E-state index contributed by atoms with van der Waals surface area (Å²) in [6.45, 7) is 5.52. The maximum Gasteiger partial charge on any atom is 0.178 e. The van der Waals surface area contributed by atoms with E-state index < -0.39 is 34.1 Å². The molecule has 0 aliphatic heterocycles. The van der Waals surface area contributed by atoms with Gasteiger partial charge in [-0.2, -0.15) is 0 Å². The third kappa shape index (κ3) is 3.65. The lowest BCUT2D eigenvalue weighted by Gasteiger charge is -2.62. The number of carbonyl (C=O) groups excluding carboxylic acids is 2. The van der Waals surface area contributed by atoms with Crippen LogP contribution in [0, 0.1) is 34.4 Å². The number of ketones is 2. The first-order chi connectivity index (χ1) is 17.4. The number of hydrogen-bond acceptors (Lipinski definition) is 4. The van der Waals surface area contributed by atoms with Crippen LogP contribution >= 0.6 is 0 Å². The first-order valence-corrected chi connectivity index (χ1v) is 13.7. The summed E-state index contributed by atoms with van der Waals surface area (Å²) in [5, 5.41) is 23.5. The molecular weight excluding hydrogens is 474 g/mol. The summed E-state index contributed by atoms with van der Waals surface area (Å²) >= 11 is 0. The minimum Gasteiger partial charge on any atom is -0.390 e. The van der Waals surface area contributed by atoms with Gasteiger partial charge in [0.2, 0.25) is 0 Å². The molecule has 6 heteroatoms. The number of Topliss-reactive ketones (excluding diaryl/α,β-unsaturated/α-hetero) is 1. The normalized spacial score (nSPS) is 42.6. The van der Waals surface area contributed by atoms with Crippen LogP contribution in [0.1, 0.15) is 71.3 Å². The molecule has 1 aromatic carbocycles. The molecule has 0 bridgehead atoms. The molecular formula is C31H38F2O4. The first kappa shape index (κ1) is 26.4. The summed E-state index contributed by atoms with van der Waals surface area (Å²) in [6.07, 6.45) is 6.99. The van der Waals surface area contributed by atoms with Crippen LogP contribution in [-0.2, 0) is 16.0 Å². The lowest BCUT2D eigenvalue weighted by atomic mass is 9.44. The van der Waals surface area contributed by atoms with E-state index in [1.807, 2.05) is 13.8 Å². The summed E-state index contributed by atoms with van der Waals surface area (Å²) in [7, 11) is 0. The van der Waals surface area contributed by atoms with Gasteiger partial charge in [0.05, 0.1) is 6.10 Å². The maximum absolute atomic E-state index is 17.2. The highest BCUT2D eigenvalue weighted by Crippen LogP contribution is 2.70. The summed E-state index contributed by atoms with van der Waals surface area (Å²) in [5.41, 5.74) is -3.90. The minimum atomic E-state index is -1.97. The number of fused-ring (bicyclic) bond motifs is 5. The van der Waals surface area contributed by atoms with Crippen LogP contribution in [0.5, 0.6) is 0 Å². The minimum absolute atomic E-state index is 0.00250. The average Bonchev–Trinajstić information content (AvgIpc) is 3.05. The summed E-state index contributed by atoms with van der Waals surface area (Å²) < 4.78 is 30.4. The molecule has 0 amide bonds. The number of aliphatic hydroxyl groups is 2. The van der Waals surface area contributed by atoms with E-state index >= 15 is 4.39 Å². The van der Waals surface area contributed by atoms with Gasteiger partial charge in [-0.15, -0.1) is 0 Å². The summed E-state index contributed by atoms with van der Waals surface area (Å²) in [5.74, 6) is -1.79. The Labute approximate surface area is 217 Å². The van der Waals surface area contributed by atoms with E-state index in [9.17, 15) is 24.2 Å². The van der Waals surface area contributed by atoms with E-state index in [0.29, 0.717) is 25.7 Å². The van der Waals surface area contributed by atoms with Gasteiger partial charge in [-0.05, 0) is 93.6 Å². The van der Waals surface area contributed by atoms with Crippen LogP contribution in [0.3, 0.4) is 0 Å². The molecule has 4 aliphatic rings. The molecule has 0 unspecified atom stereocenters. The highest BCUT2D eigenvalue weighted by molar-refractivity contribution is 6.01. The molecule has 5 rings (SSSR count). The number of aryl methyl sites for hydroxylation is 1. The van der Waals surface area contributed by atoms with Gasteiger partial charge in [-0.3, -0.25) is 9.59 Å². The molecule has 200 valence electrons. The smallest absolute Gasteiger partial charge is 0.178 e. The van der Waals surface area contributed by atoms with E-state index in [1.165, 1.54) is 24.3 Å². The third-order valence-electron chi connectivity index (χ3n) is 10.7. The largest absolute Gasteiger partial charge is 0.390 e. The Bertz CT molecular complexity index is 1160. The van der Waals surface area contributed by atoms with E-state index in [2.05, 4.69) is 0 Å². The molecule has 4 aliphatic carbocycles. The highest BCUT2D eigenvalue weighted by Gasteiger charge is 2.75. The molecule has 2 N–H and O–H groups in total. The second kappa shape index (κ2) is 8.94. The fraction of sp³-hybridized carbons (Fsp3) is 0.613. The van der Waals surface area contributed by atoms with Crippen LogP contribution in [0.2, 0.25) is 0 Å². The van der Waals surface area contributed by atoms with E-state index in [0.717, 1.165) is 24.0 Å². The standard InChI is InChI=1S/C31H38F2O4/c1-19-16-25-24-13-10-21-17-23(34)14-15-28(21,2)30(24,33)27(36)18-29(25,3)31(19,37)26(35)7-5-4-6-20-8-11-22(32)12-9-20/h8-9,11-12,14-15,17,19,24-25,27,36-37H,4-7,10,13,16,18H2,1-3H3/t19-,24+,25+,27+,28+,29+,30+,31+/m1/s1. The molecule has 0 saturated heterocycles. The molecule has 1 aromatic rings. The maximum atomic E-state index is 17.2. The van der Waals surface area contributed by atoms with Crippen molar-refractivity contribution in [3.05, 3.63) is 59.4 Å². The molecule has 4 nitrogen and oxygen atoms in total. The van der Waals surface area contributed by atoms with Gasteiger partial charge in [-0.25, -0.2) is 8.78 Å². The quantitative estimate of drug-likeness (QED) is 0.497. The first-order valence-electron chi connectivity index (χ1n) is 13.7. The zero-order valence-electron chi connectivity index (χ0n) is 22.0. The van der Waals surface area contributed by atoms with Gasteiger partial charge in [0.15, 0.2) is 17.2 Å². The van der Waals surface area contributed by atoms with Crippen LogP contribution in [0.25, 0.3) is 0 Å². The Morgan fingerprint density at radius 1 is 1.14 bits per heavy atom. The van der Waals surface area contributed by atoms with Gasteiger partial charge in [-0.1, -0.05) is 37.6 Å². The number of hydrogen-bond donors (Lipinski definition) is 2. The Hall–Kier alpha value is -2.18. The Kier molecular flexibility index (Phi) is 6.39. The van der Waals surface area contributed by atoms with Crippen molar-refractivity contribution in [1.82, 2.24) is 0 Å². The SMILES string of the molecule is C[C@@H]1C[C@H]2[C@@H]3CCC4=CC(=O)C=C[C@]4(C)[C@@]3(F)[C@@H](O)C[C@]2(C)[C@@]1(O)C(=O)CCCCc1ccc(F)cc1. The summed E-state index contributed by atoms with van der Waals surface area (Å²) in [4.78, 5) is 25.6. The molecule has 3 saturated carbocycles. The van der Waals surface area contributed by atoms with Crippen LogP contribution in [0.15, 0.2) is 48.1 Å². The Morgan fingerprint density at radius 3 is 2.54 bits per heavy atom. The predicted octanol–water partition coefficient (Wildman–Crippen LogP) is 5.46. The molecule has 0 radical (unpaired) electrons. The van der Waals surface area contributed by atoms with Crippen LogP contribution in [0.4, 0.5) is 8.78 Å². The third-order valence-corrected chi connectivity index (χ3v) is 10.7. The highest BCUT2D eigenvalue weighted by atomic mass is 19.1. The fourth-order valence-electron chi connectivity index (χ4n) is 8.60. The lowest BCUT2D eigenvalue weighted by molar-refractivity contribution is -0.218. The Morgan fingerprint density at radius 2 is 1.84 bits per heavy atom. The van der Waals surface area contributed by atoms with E-state index in [-0.39, 0.29) is 42.1 Å². The van der Waals surface area contributed by atoms with Gasteiger partial charge in [0.25, 0.3) is 0 Å². The van der Waals surface area contributed by atoms with Gasteiger partial charge < -0.3 is 10.2 Å². The number of rotatable bonds is 6. The number of halogens is 2. The van der Waals surface area contributed by atoms with Crippen LogP contribution < -0.4 is 0 Å². The number of alkyl halides is 1. The second-order valence-electron chi connectivity index (χ2n) is 12.4. The molecule has 37 heavy (non-hydrogen) atoms.